The van der Waals surface area contributed by atoms with Crippen molar-refractivity contribution in [3.63, 3.8) is 0 Å². The lowest BCUT2D eigenvalue weighted by Gasteiger charge is -2.57. The molecule has 1 aromatic rings. The van der Waals surface area contributed by atoms with Gasteiger partial charge in [0.25, 0.3) is 0 Å². The number of rotatable bonds is 4. The number of amides is 1. The Bertz CT molecular complexity index is 650. The van der Waals surface area contributed by atoms with Gasteiger partial charge in [0.2, 0.25) is 11.9 Å². The highest BCUT2D eigenvalue weighted by atomic mass is 16.2. The molecule has 146 valence electrons. The van der Waals surface area contributed by atoms with Crippen LogP contribution >= 0.6 is 0 Å². The molecule has 0 aromatic carbocycles. The van der Waals surface area contributed by atoms with E-state index in [1.54, 1.807) is 12.4 Å². The normalized spacial score (nSPS) is 36.6. The van der Waals surface area contributed by atoms with Crippen LogP contribution < -0.4 is 10.2 Å². The number of hydrogen-bond donors (Lipinski definition) is 1. The molecule has 0 spiro atoms. The molecule has 5 aliphatic rings. The highest BCUT2D eigenvalue weighted by Crippen LogP contribution is 2.55. The van der Waals surface area contributed by atoms with Gasteiger partial charge in [0, 0.05) is 44.1 Å². The molecule has 1 atom stereocenters. The maximum absolute atomic E-state index is 13.1. The van der Waals surface area contributed by atoms with Crippen molar-refractivity contribution in [3.05, 3.63) is 18.5 Å². The quantitative estimate of drug-likeness (QED) is 0.880. The maximum Gasteiger partial charge on any atom is 0.237 e. The number of anilines is 1. The molecular formula is C21H31N5O. The number of aromatic nitrogens is 2. The SMILES string of the molecule is CC(C(=O)NC12CC3CC(CC(C3)C1)C2)N1CCN(c2ncccn2)CC1. The van der Waals surface area contributed by atoms with Crippen LogP contribution in [-0.2, 0) is 4.79 Å². The third kappa shape index (κ3) is 3.33. The molecule has 5 fully saturated rings. The number of hydrogen-bond acceptors (Lipinski definition) is 5. The molecule has 0 radical (unpaired) electrons. The lowest BCUT2D eigenvalue weighted by molar-refractivity contribution is -0.131. The van der Waals surface area contributed by atoms with Gasteiger partial charge >= 0.3 is 0 Å². The van der Waals surface area contributed by atoms with Crippen molar-refractivity contribution < 1.29 is 4.79 Å². The molecule has 4 saturated carbocycles. The van der Waals surface area contributed by atoms with Gasteiger partial charge in [0.15, 0.2) is 0 Å². The molecule has 6 rings (SSSR count). The van der Waals surface area contributed by atoms with Gasteiger partial charge in [-0.3, -0.25) is 9.69 Å². The molecule has 1 N–H and O–H groups in total. The fourth-order valence-electron chi connectivity index (χ4n) is 6.56. The standard InChI is InChI=1S/C21H31N5O/c1-15(25-5-7-26(8-6-25)20-22-3-2-4-23-20)19(27)24-21-12-16-9-17(13-21)11-18(10-16)14-21/h2-4,15-18H,5-14H2,1H3,(H,24,27). The summed E-state index contributed by atoms with van der Waals surface area (Å²) < 4.78 is 0. The van der Waals surface area contributed by atoms with Crippen molar-refractivity contribution >= 4 is 11.9 Å². The first kappa shape index (κ1) is 17.4. The first-order valence-corrected chi connectivity index (χ1v) is 10.7. The van der Waals surface area contributed by atoms with Gasteiger partial charge in [-0.15, -0.1) is 0 Å². The van der Waals surface area contributed by atoms with Crippen LogP contribution in [0.2, 0.25) is 0 Å². The Morgan fingerprint density at radius 1 is 1.04 bits per heavy atom. The third-order valence-electron chi connectivity index (χ3n) is 7.50. The topological polar surface area (TPSA) is 61.4 Å². The van der Waals surface area contributed by atoms with Crippen LogP contribution in [0.15, 0.2) is 18.5 Å². The van der Waals surface area contributed by atoms with E-state index in [4.69, 9.17) is 0 Å². The summed E-state index contributed by atoms with van der Waals surface area (Å²) in [6.07, 6.45) is 11.5. The summed E-state index contributed by atoms with van der Waals surface area (Å²) in [6, 6.07) is 1.79. The van der Waals surface area contributed by atoms with Crippen LogP contribution in [0, 0.1) is 17.8 Å². The first-order chi connectivity index (χ1) is 13.1. The van der Waals surface area contributed by atoms with Crippen molar-refractivity contribution in [2.24, 2.45) is 17.8 Å². The van der Waals surface area contributed by atoms with E-state index in [1.165, 1.54) is 38.5 Å². The molecular weight excluding hydrogens is 338 g/mol. The van der Waals surface area contributed by atoms with Gasteiger partial charge in [-0.05, 0) is 69.3 Å². The predicted octanol–water partition coefficient (Wildman–Crippen LogP) is 2.07. The number of piperazine rings is 1. The van der Waals surface area contributed by atoms with Crippen LogP contribution in [0.25, 0.3) is 0 Å². The molecule has 1 aliphatic heterocycles. The average Bonchev–Trinajstić information content (AvgIpc) is 2.67. The second-order valence-electron chi connectivity index (χ2n) is 9.43. The van der Waals surface area contributed by atoms with E-state index in [0.29, 0.717) is 0 Å². The number of nitrogens with zero attached hydrogens (tertiary/aromatic N) is 4. The van der Waals surface area contributed by atoms with E-state index in [1.807, 2.05) is 6.07 Å². The minimum atomic E-state index is -0.0585. The Morgan fingerprint density at radius 3 is 2.15 bits per heavy atom. The van der Waals surface area contributed by atoms with Crippen LogP contribution in [-0.4, -0.2) is 58.5 Å². The van der Waals surface area contributed by atoms with E-state index in [2.05, 4.69) is 32.0 Å². The summed E-state index contributed by atoms with van der Waals surface area (Å²) >= 11 is 0. The summed E-state index contributed by atoms with van der Waals surface area (Å²) in [5, 5.41) is 3.55. The molecule has 1 aromatic heterocycles. The monoisotopic (exact) mass is 369 g/mol. The summed E-state index contributed by atoms with van der Waals surface area (Å²) in [7, 11) is 0. The number of carbonyl (C=O) groups excluding carboxylic acids is 1. The van der Waals surface area contributed by atoms with E-state index in [-0.39, 0.29) is 17.5 Å². The van der Waals surface area contributed by atoms with Crippen molar-refractivity contribution in [2.45, 2.75) is 57.0 Å². The Hall–Kier alpha value is -1.69. The highest BCUT2D eigenvalue weighted by Gasteiger charge is 2.51. The second-order valence-corrected chi connectivity index (χ2v) is 9.43. The van der Waals surface area contributed by atoms with Gasteiger partial charge in [-0.2, -0.15) is 0 Å². The minimum absolute atomic E-state index is 0.0585. The molecule has 27 heavy (non-hydrogen) atoms. The molecule has 6 heteroatoms. The second kappa shape index (κ2) is 6.73. The summed E-state index contributed by atoms with van der Waals surface area (Å²) in [4.78, 5) is 26.3. The lowest BCUT2D eigenvalue weighted by atomic mass is 9.53. The van der Waals surface area contributed by atoms with E-state index < -0.39 is 0 Å². The fraction of sp³-hybridized carbons (Fsp3) is 0.762. The van der Waals surface area contributed by atoms with Crippen LogP contribution in [0.1, 0.15) is 45.4 Å². The van der Waals surface area contributed by atoms with Crippen molar-refractivity contribution in [1.29, 1.82) is 0 Å². The van der Waals surface area contributed by atoms with Crippen molar-refractivity contribution in [1.82, 2.24) is 20.2 Å². The summed E-state index contributed by atoms with van der Waals surface area (Å²) in [5.41, 5.74) is 0.111. The minimum Gasteiger partial charge on any atom is -0.349 e. The Kier molecular flexibility index (Phi) is 4.34. The van der Waals surface area contributed by atoms with Gasteiger partial charge in [0.1, 0.15) is 0 Å². The lowest BCUT2D eigenvalue weighted by Crippen LogP contribution is -2.63. The van der Waals surface area contributed by atoms with E-state index in [9.17, 15) is 4.79 Å². The Morgan fingerprint density at radius 2 is 1.59 bits per heavy atom. The zero-order valence-electron chi connectivity index (χ0n) is 16.3. The molecule has 1 amide bonds. The molecule has 4 aliphatic carbocycles. The molecule has 4 bridgehead atoms. The summed E-state index contributed by atoms with van der Waals surface area (Å²) in [6.45, 7) is 5.59. The smallest absolute Gasteiger partial charge is 0.237 e. The highest BCUT2D eigenvalue weighted by molar-refractivity contribution is 5.82. The zero-order valence-corrected chi connectivity index (χ0v) is 16.3. The van der Waals surface area contributed by atoms with Gasteiger partial charge in [-0.25, -0.2) is 9.97 Å². The van der Waals surface area contributed by atoms with Crippen molar-refractivity contribution in [3.8, 4) is 0 Å². The zero-order chi connectivity index (χ0) is 18.4. The largest absolute Gasteiger partial charge is 0.349 e. The third-order valence-corrected chi connectivity index (χ3v) is 7.50. The van der Waals surface area contributed by atoms with Gasteiger partial charge in [-0.1, -0.05) is 0 Å². The Labute approximate surface area is 161 Å². The average molecular weight is 370 g/mol. The number of carbonyl (C=O) groups is 1. The van der Waals surface area contributed by atoms with Gasteiger partial charge in [0.05, 0.1) is 6.04 Å². The van der Waals surface area contributed by atoms with Crippen LogP contribution in [0.5, 0.6) is 0 Å². The van der Waals surface area contributed by atoms with Gasteiger partial charge < -0.3 is 10.2 Å². The van der Waals surface area contributed by atoms with Crippen LogP contribution in [0.4, 0.5) is 5.95 Å². The molecule has 1 saturated heterocycles. The number of nitrogens with one attached hydrogen (secondary N) is 1. The maximum atomic E-state index is 13.1. The van der Waals surface area contributed by atoms with E-state index in [0.717, 1.165) is 49.9 Å². The summed E-state index contributed by atoms with van der Waals surface area (Å²) in [5.74, 6) is 3.62. The van der Waals surface area contributed by atoms with E-state index >= 15 is 0 Å². The van der Waals surface area contributed by atoms with Crippen LogP contribution in [0.3, 0.4) is 0 Å². The molecule has 2 heterocycles. The predicted molar refractivity (Wildman–Crippen MR) is 104 cm³/mol. The molecule has 1 unspecified atom stereocenters. The Balaban J connectivity index is 1.18. The molecule has 6 nitrogen and oxygen atoms in total. The first-order valence-electron chi connectivity index (χ1n) is 10.7. The van der Waals surface area contributed by atoms with Crippen molar-refractivity contribution in [2.75, 3.05) is 31.1 Å². The fourth-order valence-corrected chi connectivity index (χ4v) is 6.56.